The summed E-state index contributed by atoms with van der Waals surface area (Å²) in [5.41, 5.74) is 3.71. The molecule has 3 heterocycles. The van der Waals surface area contributed by atoms with E-state index < -0.39 is 0 Å². The second kappa shape index (κ2) is 9.89. The minimum absolute atomic E-state index is 0.0411. The molecule has 1 aromatic heterocycles. The lowest BCUT2D eigenvalue weighted by Crippen LogP contribution is -2.36. The summed E-state index contributed by atoms with van der Waals surface area (Å²) in [6.07, 6.45) is 0.710. The molecule has 1 atom stereocenters. The van der Waals surface area contributed by atoms with E-state index in [1.165, 1.54) is 0 Å². The highest BCUT2D eigenvalue weighted by atomic mass is 16.7. The van der Waals surface area contributed by atoms with Crippen LogP contribution in [0.4, 0.5) is 0 Å². The summed E-state index contributed by atoms with van der Waals surface area (Å²) in [5.74, 6) is 3.97. The molecule has 0 saturated heterocycles. The molecular formula is C31H30N2O5. The molecule has 0 fully saturated rings. The van der Waals surface area contributed by atoms with Gasteiger partial charge in [0.25, 0.3) is 0 Å². The van der Waals surface area contributed by atoms with Crippen LogP contribution in [0.1, 0.15) is 42.3 Å². The Labute approximate surface area is 221 Å². The third kappa shape index (κ3) is 4.49. The first-order valence-electron chi connectivity index (χ1n) is 12.9. The normalized spacial score (nSPS) is 15.3. The number of nitrogens with zero attached hydrogens (tertiary/aromatic N) is 2. The number of aliphatic imine (C=N–C) groups is 1. The van der Waals surface area contributed by atoms with E-state index in [4.69, 9.17) is 23.6 Å². The minimum atomic E-state index is -0.152. The third-order valence-electron chi connectivity index (χ3n) is 7.12. The van der Waals surface area contributed by atoms with Gasteiger partial charge in [-0.15, -0.1) is 0 Å². The van der Waals surface area contributed by atoms with E-state index in [0.29, 0.717) is 29.7 Å². The molecule has 7 heteroatoms. The molecular weight excluding hydrogens is 480 g/mol. The Morgan fingerprint density at radius 1 is 0.974 bits per heavy atom. The van der Waals surface area contributed by atoms with Gasteiger partial charge in [-0.1, -0.05) is 32.0 Å². The second-order valence-electron chi connectivity index (χ2n) is 10.0. The van der Waals surface area contributed by atoms with Crippen LogP contribution in [0.15, 0.2) is 80.9 Å². The zero-order chi connectivity index (χ0) is 26.2. The third-order valence-corrected chi connectivity index (χ3v) is 7.12. The lowest BCUT2D eigenvalue weighted by Gasteiger charge is -2.33. The Hall–Kier alpha value is -4.26. The first kappa shape index (κ1) is 24.1. The van der Waals surface area contributed by atoms with Crippen LogP contribution in [-0.2, 0) is 6.42 Å². The van der Waals surface area contributed by atoms with Crippen molar-refractivity contribution in [1.82, 2.24) is 4.90 Å². The maximum atomic E-state index is 13.2. The van der Waals surface area contributed by atoms with Crippen LogP contribution < -0.4 is 19.6 Å². The molecule has 0 amide bonds. The molecule has 2 aliphatic rings. The van der Waals surface area contributed by atoms with Crippen LogP contribution in [0.2, 0.25) is 0 Å². The van der Waals surface area contributed by atoms with Crippen LogP contribution in [0.5, 0.6) is 17.2 Å². The highest BCUT2D eigenvalue weighted by Gasteiger charge is 2.33. The maximum absolute atomic E-state index is 13.2. The van der Waals surface area contributed by atoms with Crippen molar-refractivity contribution in [1.29, 1.82) is 0 Å². The number of fused-ring (bicyclic) bond motifs is 2. The van der Waals surface area contributed by atoms with E-state index in [9.17, 15) is 4.79 Å². The van der Waals surface area contributed by atoms with Gasteiger partial charge in [0.1, 0.15) is 22.9 Å². The summed E-state index contributed by atoms with van der Waals surface area (Å²) < 4.78 is 22.9. The van der Waals surface area contributed by atoms with Gasteiger partial charge >= 0.3 is 0 Å². The number of methoxy groups -OCH3 is 1. The second-order valence-corrected chi connectivity index (χ2v) is 10.0. The van der Waals surface area contributed by atoms with Crippen molar-refractivity contribution in [3.05, 3.63) is 99.4 Å². The Balaban J connectivity index is 1.35. The average Bonchev–Trinajstić information content (AvgIpc) is 3.58. The van der Waals surface area contributed by atoms with Crippen LogP contribution in [0.25, 0.3) is 11.0 Å². The van der Waals surface area contributed by atoms with Crippen molar-refractivity contribution in [2.45, 2.75) is 26.3 Å². The maximum Gasteiger partial charge on any atom is 0.231 e. The molecule has 7 nitrogen and oxygen atoms in total. The Kier molecular flexibility index (Phi) is 6.27. The van der Waals surface area contributed by atoms with E-state index in [2.05, 4.69) is 24.8 Å². The van der Waals surface area contributed by atoms with Gasteiger partial charge in [0.2, 0.25) is 6.79 Å². The van der Waals surface area contributed by atoms with Gasteiger partial charge in [-0.25, -0.2) is 0 Å². The standard InChI is InChI=1S/C31H30N2O5/c1-19(2)30(33-12-11-32-31(33)22-8-10-26-28(16-22)37-18-36-26)29-17-25(34)24-9-7-21(15-27(24)38-29)13-20-5-4-6-23(14-20)35-3/h4-10,14-17,19,30H,11-13,18H2,1-3H3. The summed E-state index contributed by atoms with van der Waals surface area (Å²) in [6, 6.07) is 21.2. The van der Waals surface area contributed by atoms with Crippen molar-refractivity contribution in [2.24, 2.45) is 10.9 Å². The van der Waals surface area contributed by atoms with Crippen molar-refractivity contribution < 1.29 is 18.6 Å². The van der Waals surface area contributed by atoms with Gasteiger partial charge in [0.15, 0.2) is 16.9 Å². The van der Waals surface area contributed by atoms with Crippen LogP contribution in [-0.4, -0.2) is 37.7 Å². The molecule has 4 aromatic rings. The van der Waals surface area contributed by atoms with E-state index in [0.717, 1.165) is 46.3 Å². The van der Waals surface area contributed by atoms with Crippen molar-refractivity contribution in [2.75, 3.05) is 27.0 Å². The van der Waals surface area contributed by atoms with Gasteiger partial charge in [-0.3, -0.25) is 9.79 Å². The molecule has 0 aliphatic carbocycles. The molecule has 2 aliphatic heterocycles. The van der Waals surface area contributed by atoms with Crippen molar-refractivity contribution >= 4 is 16.8 Å². The fraction of sp³-hybridized carbons (Fsp3) is 0.290. The molecule has 194 valence electrons. The van der Waals surface area contributed by atoms with Crippen LogP contribution in [0, 0.1) is 5.92 Å². The van der Waals surface area contributed by atoms with E-state index in [-0.39, 0.29) is 24.2 Å². The fourth-order valence-electron chi connectivity index (χ4n) is 5.36. The number of rotatable bonds is 7. The molecule has 0 saturated carbocycles. The summed E-state index contributed by atoms with van der Waals surface area (Å²) in [6.45, 7) is 5.93. The Bertz CT molecular complexity index is 1590. The number of ether oxygens (including phenoxy) is 3. The Morgan fingerprint density at radius 3 is 2.66 bits per heavy atom. The largest absolute Gasteiger partial charge is 0.497 e. The van der Waals surface area contributed by atoms with Gasteiger partial charge in [0, 0.05) is 18.2 Å². The lowest BCUT2D eigenvalue weighted by molar-refractivity contribution is 0.174. The highest BCUT2D eigenvalue weighted by Crippen LogP contribution is 2.36. The predicted octanol–water partition coefficient (Wildman–Crippen LogP) is 5.58. The molecule has 0 bridgehead atoms. The van der Waals surface area contributed by atoms with E-state index in [1.54, 1.807) is 13.2 Å². The molecule has 0 radical (unpaired) electrons. The summed E-state index contributed by atoms with van der Waals surface area (Å²) >= 11 is 0. The van der Waals surface area contributed by atoms with Crippen LogP contribution in [0.3, 0.4) is 0 Å². The molecule has 0 N–H and O–H groups in total. The van der Waals surface area contributed by atoms with Gasteiger partial charge in [-0.05, 0) is 65.9 Å². The monoisotopic (exact) mass is 510 g/mol. The van der Waals surface area contributed by atoms with Gasteiger partial charge in [0.05, 0.1) is 25.1 Å². The molecule has 3 aromatic carbocycles. The summed E-state index contributed by atoms with van der Waals surface area (Å²) in [5, 5.41) is 0.580. The first-order chi connectivity index (χ1) is 18.5. The van der Waals surface area contributed by atoms with Crippen molar-refractivity contribution in [3.63, 3.8) is 0 Å². The summed E-state index contributed by atoms with van der Waals surface area (Å²) in [7, 11) is 1.67. The minimum Gasteiger partial charge on any atom is -0.497 e. The lowest BCUT2D eigenvalue weighted by atomic mass is 9.97. The molecule has 6 rings (SSSR count). The predicted molar refractivity (Wildman–Crippen MR) is 147 cm³/mol. The number of hydrogen-bond donors (Lipinski definition) is 0. The zero-order valence-corrected chi connectivity index (χ0v) is 21.8. The zero-order valence-electron chi connectivity index (χ0n) is 21.8. The number of amidine groups is 1. The summed E-state index contributed by atoms with van der Waals surface area (Å²) in [4.78, 5) is 20.3. The SMILES string of the molecule is COc1cccc(Cc2ccc3c(=O)cc(C(C(C)C)N4CCN=C4c4ccc5c(c4)OCO5)oc3c2)c1. The van der Waals surface area contributed by atoms with Crippen LogP contribution >= 0.6 is 0 Å². The van der Waals surface area contributed by atoms with Gasteiger partial charge in [-0.2, -0.15) is 0 Å². The molecule has 1 unspecified atom stereocenters. The number of benzene rings is 3. The molecule has 38 heavy (non-hydrogen) atoms. The molecule has 0 spiro atoms. The topological polar surface area (TPSA) is 73.5 Å². The first-order valence-corrected chi connectivity index (χ1v) is 12.9. The van der Waals surface area contributed by atoms with Crippen molar-refractivity contribution in [3.8, 4) is 17.2 Å². The average molecular weight is 511 g/mol. The highest BCUT2D eigenvalue weighted by molar-refractivity contribution is 6.00. The van der Waals surface area contributed by atoms with Gasteiger partial charge < -0.3 is 23.5 Å². The quantitative estimate of drug-likeness (QED) is 0.323. The smallest absolute Gasteiger partial charge is 0.231 e. The fourth-order valence-corrected chi connectivity index (χ4v) is 5.36. The Morgan fingerprint density at radius 2 is 1.82 bits per heavy atom. The van der Waals surface area contributed by atoms with E-state index >= 15 is 0 Å². The van der Waals surface area contributed by atoms with E-state index in [1.807, 2.05) is 54.6 Å². The number of hydrogen-bond acceptors (Lipinski definition) is 7.